The Balaban J connectivity index is 1.72. The topological polar surface area (TPSA) is 51.4 Å². The van der Waals surface area contributed by atoms with Gasteiger partial charge in [-0.05, 0) is 59.3 Å². The van der Waals surface area contributed by atoms with E-state index in [4.69, 9.17) is 14.2 Å². The van der Waals surface area contributed by atoms with Crippen LogP contribution < -0.4 is 0 Å². The van der Waals surface area contributed by atoms with E-state index in [1.807, 2.05) is 0 Å². The average Bonchev–Trinajstić information content (AvgIpc) is 3.42. The van der Waals surface area contributed by atoms with E-state index in [2.05, 4.69) is 39.8 Å². The third kappa shape index (κ3) is 4.77. The zero-order chi connectivity index (χ0) is 18.9. The fourth-order valence-corrected chi connectivity index (χ4v) is 4.03. The zero-order valence-electron chi connectivity index (χ0n) is 17.0. The molecule has 4 heteroatoms. The molecule has 3 aliphatic rings. The Labute approximate surface area is 158 Å². The number of rotatable bonds is 3. The summed E-state index contributed by atoms with van der Waals surface area (Å²) in [7, 11) is 0. The third-order valence-corrected chi connectivity index (χ3v) is 6.35. The summed E-state index contributed by atoms with van der Waals surface area (Å²) in [5, 5.41) is 0. The minimum Gasteiger partial charge on any atom is -0.465 e. The van der Waals surface area contributed by atoms with Gasteiger partial charge >= 0.3 is 5.97 Å². The molecule has 0 radical (unpaired) electrons. The summed E-state index contributed by atoms with van der Waals surface area (Å²) in [4.78, 5) is 11.2. The number of hydrogen-bond acceptors (Lipinski definition) is 4. The first kappa shape index (κ1) is 19.6. The number of carbonyl (C=O) groups is 1. The lowest BCUT2D eigenvalue weighted by Crippen LogP contribution is -2.17. The predicted octanol–water partition coefficient (Wildman–Crippen LogP) is 4.73. The van der Waals surface area contributed by atoms with E-state index in [9.17, 15) is 4.79 Å². The van der Waals surface area contributed by atoms with Gasteiger partial charge in [0, 0.05) is 12.8 Å². The van der Waals surface area contributed by atoms with Gasteiger partial charge in [-0.2, -0.15) is 0 Å². The fourth-order valence-electron chi connectivity index (χ4n) is 4.03. The highest BCUT2D eigenvalue weighted by atomic mass is 16.6. The van der Waals surface area contributed by atoms with Crippen molar-refractivity contribution in [3.63, 3.8) is 0 Å². The maximum atomic E-state index is 11.2. The maximum Gasteiger partial charge on any atom is 0.302 e. The molecule has 1 unspecified atom stereocenters. The number of fused-ring (bicyclic) bond motifs is 2. The van der Waals surface area contributed by atoms with Gasteiger partial charge in [0.1, 0.15) is 6.10 Å². The van der Waals surface area contributed by atoms with Crippen LogP contribution in [0, 0.1) is 5.92 Å². The molecular formula is C22H34O4. The Hall–Kier alpha value is -1.13. The van der Waals surface area contributed by atoms with Crippen molar-refractivity contribution < 1.29 is 19.0 Å². The van der Waals surface area contributed by atoms with Gasteiger partial charge in [-0.25, -0.2) is 0 Å². The van der Waals surface area contributed by atoms with Crippen molar-refractivity contribution in [2.24, 2.45) is 5.92 Å². The van der Waals surface area contributed by atoms with Crippen LogP contribution in [0.15, 0.2) is 23.3 Å². The van der Waals surface area contributed by atoms with Gasteiger partial charge < -0.3 is 14.2 Å². The highest BCUT2D eigenvalue weighted by Gasteiger charge is 2.52. The van der Waals surface area contributed by atoms with Crippen LogP contribution in [0.25, 0.3) is 0 Å². The standard InChI is InChI=1S/C22H34O4/c1-15-7-6-11-21(4)20(26-21)13-18(16(2)14-24-17(3)23)10-12-22(5)19(25-22)9-8-15/h8,13,16,19-20H,6-7,9-12,14H2,1-5H3/b15-8+,18-13+/t16?,19-,20-,21+,22+/m0/s1. The second-order valence-electron chi connectivity index (χ2n) is 8.86. The molecule has 5 atom stereocenters. The Morgan fingerprint density at radius 1 is 1.27 bits per heavy atom. The van der Waals surface area contributed by atoms with Gasteiger partial charge in [-0.3, -0.25) is 4.79 Å². The first-order valence-corrected chi connectivity index (χ1v) is 10.1. The summed E-state index contributed by atoms with van der Waals surface area (Å²) in [6.07, 6.45) is 11.5. The quantitative estimate of drug-likeness (QED) is 0.414. The van der Waals surface area contributed by atoms with E-state index >= 15 is 0 Å². The molecule has 2 aliphatic heterocycles. The molecule has 3 rings (SSSR count). The second-order valence-corrected chi connectivity index (χ2v) is 8.86. The van der Waals surface area contributed by atoms with Crippen LogP contribution in [0.3, 0.4) is 0 Å². The smallest absolute Gasteiger partial charge is 0.302 e. The van der Waals surface area contributed by atoms with Crippen LogP contribution in [0.2, 0.25) is 0 Å². The molecule has 26 heavy (non-hydrogen) atoms. The SMILES string of the molecule is CC(=O)OCC(C)/C1=C/[C@@H]2O[C@]2(C)CCC/C(C)=C/C[C@@H]2O[C@]2(C)CC1. The average molecular weight is 363 g/mol. The molecule has 0 amide bonds. The molecule has 2 saturated heterocycles. The Morgan fingerprint density at radius 2 is 2.04 bits per heavy atom. The Kier molecular flexibility index (Phi) is 5.64. The zero-order valence-corrected chi connectivity index (χ0v) is 17.0. The molecule has 4 nitrogen and oxygen atoms in total. The molecule has 0 aromatic heterocycles. The monoisotopic (exact) mass is 362 g/mol. The van der Waals surface area contributed by atoms with Crippen molar-refractivity contribution in [2.75, 3.05) is 6.61 Å². The molecule has 1 aliphatic carbocycles. The first-order chi connectivity index (χ1) is 12.2. The number of esters is 1. The van der Waals surface area contributed by atoms with Crippen LogP contribution >= 0.6 is 0 Å². The molecule has 0 saturated carbocycles. The maximum absolute atomic E-state index is 11.2. The number of epoxide rings is 2. The minimum absolute atomic E-state index is 0.0190. The van der Waals surface area contributed by atoms with E-state index in [-0.39, 0.29) is 29.2 Å². The van der Waals surface area contributed by atoms with E-state index in [0.29, 0.717) is 12.7 Å². The highest BCUT2D eigenvalue weighted by Crippen LogP contribution is 2.46. The number of carbonyl (C=O) groups excluding carboxylic acids is 1. The first-order valence-electron chi connectivity index (χ1n) is 10.1. The Morgan fingerprint density at radius 3 is 2.77 bits per heavy atom. The van der Waals surface area contributed by atoms with E-state index in [0.717, 1.165) is 38.5 Å². The largest absolute Gasteiger partial charge is 0.465 e. The van der Waals surface area contributed by atoms with Gasteiger partial charge in [0.15, 0.2) is 0 Å². The van der Waals surface area contributed by atoms with Gasteiger partial charge in [-0.1, -0.05) is 30.2 Å². The lowest BCUT2D eigenvalue weighted by molar-refractivity contribution is -0.141. The molecule has 0 N–H and O–H groups in total. The molecule has 2 heterocycles. The van der Waals surface area contributed by atoms with Crippen LogP contribution in [0.5, 0.6) is 0 Å². The molecule has 146 valence electrons. The highest BCUT2D eigenvalue weighted by molar-refractivity contribution is 5.65. The van der Waals surface area contributed by atoms with Crippen molar-refractivity contribution in [3.8, 4) is 0 Å². The van der Waals surface area contributed by atoms with E-state index in [1.54, 1.807) is 0 Å². The molecular weight excluding hydrogens is 328 g/mol. The van der Waals surface area contributed by atoms with Crippen LogP contribution in [0.1, 0.15) is 73.1 Å². The van der Waals surface area contributed by atoms with Crippen molar-refractivity contribution in [3.05, 3.63) is 23.3 Å². The van der Waals surface area contributed by atoms with E-state index in [1.165, 1.54) is 18.1 Å². The van der Waals surface area contributed by atoms with Crippen molar-refractivity contribution in [1.82, 2.24) is 0 Å². The summed E-state index contributed by atoms with van der Waals surface area (Å²) in [5.74, 6) is -0.00578. The number of allylic oxidation sites excluding steroid dienone is 1. The van der Waals surface area contributed by atoms with Crippen LogP contribution in [0.4, 0.5) is 0 Å². The van der Waals surface area contributed by atoms with Gasteiger partial charge in [0.2, 0.25) is 0 Å². The summed E-state index contributed by atoms with van der Waals surface area (Å²) in [6.45, 7) is 10.7. The normalized spacial score (nSPS) is 42.7. The molecule has 2 fully saturated rings. The number of hydrogen-bond donors (Lipinski definition) is 0. The summed E-state index contributed by atoms with van der Waals surface area (Å²) >= 11 is 0. The number of ether oxygens (including phenoxy) is 3. The van der Waals surface area contributed by atoms with E-state index < -0.39 is 0 Å². The summed E-state index contributed by atoms with van der Waals surface area (Å²) in [5.41, 5.74) is 2.75. The molecule has 0 spiro atoms. The molecule has 0 aromatic rings. The second kappa shape index (κ2) is 7.47. The summed E-state index contributed by atoms with van der Waals surface area (Å²) in [6, 6.07) is 0. The van der Waals surface area contributed by atoms with Crippen molar-refractivity contribution in [2.45, 2.75) is 96.6 Å². The Bertz CT molecular complexity index is 607. The van der Waals surface area contributed by atoms with Gasteiger partial charge in [-0.15, -0.1) is 0 Å². The van der Waals surface area contributed by atoms with Crippen LogP contribution in [-0.2, 0) is 19.0 Å². The van der Waals surface area contributed by atoms with Gasteiger partial charge in [0.05, 0.1) is 23.9 Å². The summed E-state index contributed by atoms with van der Waals surface area (Å²) < 4.78 is 17.3. The lowest BCUT2D eigenvalue weighted by Gasteiger charge is -2.18. The van der Waals surface area contributed by atoms with Crippen molar-refractivity contribution in [1.29, 1.82) is 0 Å². The molecule has 0 aromatic carbocycles. The van der Waals surface area contributed by atoms with Gasteiger partial charge in [0.25, 0.3) is 0 Å². The fraction of sp³-hybridized carbons (Fsp3) is 0.773. The lowest BCUT2D eigenvalue weighted by atomic mass is 9.88. The third-order valence-electron chi connectivity index (χ3n) is 6.35. The van der Waals surface area contributed by atoms with Crippen molar-refractivity contribution >= 4 is 5.97 Å². The predicted molar refractivity (Wildman–Crippen MR) is 102 cm³/mol. The molecule has 0 bridgehead atoms. The minimum atomic E-state index is -0.217. The van der Waals surface area contributed by atoms with Crippen LogP contribution in [-0.4, -0.2) is 36.0 Å².